The van der Waals surface area contributed by atoms with Gasteiger partial charge < -0.3 is 15.3 Å². The van der Waals surface area contributed by atoms with Crippen LogP contribution < -0.4 is 0 Å². The maximum Gasteiger partial charge on any atom is 0.317 e. The summed E-state index contributed by atoms with van der Waals surface area (Å²) < 4.78 is 0. The number of carboxylic acids is 3. The lowest BCUT2D eigenvalue weighted by Crippen LogP contribution is -2.50. The van der Waals surface area contributed by atoms with Gasteiger partial charge in [-0.2, -0.15) is 4.99 Å². The average molecular weight is 528 g/mol. The van der Waals surface area contributed by atoms with Gasteiger partial charge in [0.1, 0.15) is 0 Å². The van der Waals surface area contributed by atoms with Gasteiger partial charge in [0.25, 0.3) is 0 Å². The lowest BCUT2D eigenvalue weighted by Gasteiger charge is -2.35. The van der Waals surface area contributed by atoms with Crippen LogP contribution >= 0.6 is 12.2 Å². The molecule has 0 saturated carbocycles. The number of rotatable bonds is 9. The van der Waals surface area contributed by atoms with Gasteiger partial charge in [-0.1, -0.05) is 18.2 Å². The number of aromatic nitrogens is 1. The Balaban J connectivity index is 1.99. The number of benzene rings is 1. The highest BCUT2D eigenvalue weighted by Crippen LogP contribution is 2.19. The summed E-state index contributed by atoms with van der Waals surface area (Å²) in [6.07, 6.45) is 0.448. The van der Waals surface area contributed by atoms with Gasteiger partial charge in [0.2, 0.25) is 0 Å². The van der Waals surface area contributed by atoms with Crippen LogP contribution in [0.1, 0.15) is 17.0 Å². The van der Waals surface area contributed by atoms with Gasteiger partial charge >= 0.3 is 17.9 Å². The molecule has 0 saturated heterocycles. The van der Waals surface area contributed by atoms with Gasteiger partial charge in [-0.05, 0) is 48.5 Å². The minimum atomic E-state index is -1.02. The monoisotopic (exact) mass is 527 g/mol. The maximum atomic E-state index is 11.8. The number of carbonyl (C=O) groups is 3. The molecule has 3 rings (SSSR count). The largest absolute Gasteiger partial charge is 0.480 e. The first-order valence-electron chi connectivity index (χ1n) is 11.7. The number of hydrogen-bond donors (Lipinski definition) is 3. The van der Waals surface area contributed by atoms with E-state index >= 15 is 0 Å². The van der Waals surface area contributed by atoms with Gasteiger partial charge in [0, 0.05) is 38.8 Å². The molecule has 1 aromatic carbocycles. The van der Waals surface area contributed by atoms with Crippen LogP contribution in [-0.4, -0.2) is 103 Å². The quantitative estimate of drug-likeness (QED) is 0.323. The van der Waals surface area contributed by atoms with Gasteiger partial charge in [0.15, 0.2) is 0 Å². The molecule has 0 aliphatic carbocycles. The van der Waals surface area contributed by atoms with Gasteiger partial charge in [0.05, 0.1) is 41.9 Å². The van der Waals surface area contributed by atoms with Crippen molar-refractivity contribution < 1.29 is 29.7 Å². The van der Waals surface area contributed by atoms with E-state index in [-0.39, 0.29) is 45.3 Å². The fourth-order valence-corrected chi connectivity index (χ4v) is 4.49. The zero-order chi connectivity index (χ0) is 26.8. The Bertz CT molecular complexity index is 1150. The third kappa shape index (κ3) is 9.45. The number of carboxylic acid groups (broad SMARTS) is 3. The number of aliphatic carboxylic acids is 3. The standard InChI is InChI=1S/C25H29N5O6S/c31-23(32)14-28-8-9-29(15-24(33)34)13-22(10-18-4-6-19(7-5-18)26-17-37)30(16-25(35)36)12-21-3-1-2-20(11-28)27-21/h1-7,22H,8-16H2,(H,31,32)(H,33,34)(H,35,36)/t22-/m0/s1. The summed E-state index contributed by atoms with van der Waals surface area (Å²) >= 11 is 4.65. The van der Waals surface area contributed by atoms with Gasteiger partial charge in [-0.3, -0.25) is 34.1 Å². The van der Waals surface area contributed by atoms with Crippen molar-refractivity contribution in [3.63, 3.8) is 0 Å². The molecule has 1 aliphatic rings. The van der Waals surface area contributed by atoms with Gasteiger partial charge in [-0.25, -0.2) is 0 Å². The molecule has 2 aromatic rings. The molecule has 37 heavy (non-hydrogen) atoms. The van der Waals surface area contributed by atoms with E-state index in [1.807, 2.05) is 18.2 Å². The molecule has 3 N–H and O–H groups in total. The normalized spacial score (nSPS) is 17.7. The van der Waals surface area contributed by atoms with Crippen LogP contribution in [0.5, 0.6) is 0 Å². The number of pyridine rings is 1. The summed E-state index contributed by atoms with van der Waals surface area (Å²) in [7, 11) is 0. The lowest BCUT2D eigenvalue weighted by atomic mass is 10.0. The molecular formula is C25H29N5O6S. The Morgan fingerprint density at radius 1 is 0.892 bits per heavy atom. The number of fused-ring (bicyclic) bond motifs is 2. The predicted molar refractivity (Wildman–Crippen MR) is 138 cm³/mol. The third-order valence-corrected chi connectivity index (χ3v) is 6.06. The molecule has 0 amide bonds. The van der Waals surface area contributed by atoms with E-state index in [9.17, 15) is 29.7 Å². The summed E-state index contributed by atoms with van der Waals surface area (Å²) in [6, 6.07) is 12.4. The lowest BCUT2D eigenvalue weighted by molar-refractivity contribution is -0.141. The molecule has 11 nitrogen and oxygen atoms in total. The Morgan fingerprint density at radius 2 is 1.49 bits per heavy atom. The minimum absolute atomic E-state index is 0.210. The molecule has 1 atom stereocenters. The van der Waals surface area contributed by atoms with E-state index in [0.717, 1.165) is 5.56 Å². The van der Waals surface area contributed by atoms with Crippen molar-refractivity contribution >= 4 is 41.0 Å². The second-order valence-corrected chi connectivity index (χ2v) is 9.06. The van der Waals surface area contributed by atoms with Crippen molar-refractivity contribution in [2.75, 3.05) is 39.3 Å². The van der Waals surface area contributed by atoms with Crippen molar-refractivity contribution in [2.45, 2.75) is 25.6 Å². The number of aliphatic imine (C=N–C) groups is 1. The van der Waals surface area contributed by atoms with Crippen molar-refractivity contribution in [1.82, 2.24) is 19.7 Å². The molecule has 12 heteroatoms. The summed E-state index contributed by atoms with van der Waals surface area (Å²) in [5.41, 5.74) is 2.87. The first-order valence-corrected chi connectivity index (χ1v) is 12.1. The van der Waals surface area contributed by atoms with Crippen molar-refractivity contribution in [1.29, 1.82) is 0 Å². The smallest absolute Gasteiger partial charge is 0.317 e. The highest BCUT2D eigenvalue weighted by Gasteiger charge is 2.27. The number of nitrogens with zero attached hydrogens (tertiary/aromatic N) is 5. The molecule has 1 aliphatic heterocycles. The summed E-state index contributed by atoms with van der Waals surface area (Å²) in [5.74, 6) is -3.01. The van der Waals surface area contributed by atoms with Crippen LogP contribution in [-0.2, 0) is 33.9 Å². The number of hydrogen-bond acceptors (Lipinski definition) is 9. The van der Waals surface area contributed by atoms with Crippen LogP contribution in [0.15, 0.2) is 47.5 Å². The maximum absolute atomic E-state index is 11.8. The molecule has 0 radical (unpaired) electrons. The summed E-state index contributed by atoms with van der Waals surface area (Å²) in [6.45, 7) is 0.649. The van der Waals surface area contributed by atoms with E-state index in [2.05, 4.69) is 27.4 Å². The van der Waals surface area contributed by atoms with Crippen LogP contribution in [0.4, 0.5) is 5.69 Å². The molecule has 0 fully saturated rings. The zero-order valence-corrected chi connectivity index (χ0v) is 21.0. The molecular weight excluding hydrogens is 498 g/mol. The molecule has 2 heterocycles. The second-order valence-electron chi connectivity index (χ2n) is 8.88. The zero-order valence-electron chi connectivity index (χ0n) is 20.2. The van der Waals surface area contributed by atoms with Crippen molar-refractivity contribution in [3.8, 4) is 0 Å². The Kier molecular flexibility index (Phi) is 10.4. The second kappa shape index (κ2) is 13.7. The Hall–Kier alpha value is -3.54. The van der Waals surface area contributed by atoms with Gasteiger partial charge in [-0.15, -0.1) is 0 Å². The van der Waals surface area contributed by atoms with Crippen molar-refractivity contribution in [3.05, 3.63) is 59.4 Å². The van der Waals surface area contributed by atoms with Crippen molar-refractivity contribution in [2.24, 2.45) is 4.99 Å². The van der Waals surface area contributed by atoms with Crippen LogP contribution in [0.25, 0.3) is 0 Å². The van der Waals surface area contributed by atoms with Crippen LogP contribution in [0.2, 0.25) is 0 Å². The molecule has 1 aromatic heterocycles. The summed E-state index contributed by atoms with van der Waals surface area (Å²) in [5, 5.41) is 30.9. The fourth-order valence-electron chi connectivity index (χ4n) is 4.38. The minimum Gasteiger partial charge on any atom is -0.480 e. The molecule has 0 unspecified atom stereocenters. The van der Waals surface area contributed by atoms with E-state index in [4.69, 9.17) is 0 Å². The van der Waals surface area contributed by atoms with E-state index < -0.39 is 17.9 Å². The highest BCUT2D eigenvalue weighted by atomic mass is 32.1. The van der Waals surface area contributed by atoms with E-state index in [1.165, 1.54) is 0 Å². The van der Waals surface area contributed by atoms with E-state index in [1.54, 1.807) is 39.0 Å². The Morgan fingerprint density at radius 3 is 2.11 bits per heavy atom. The molecule has 196 valence electrons. The third-order valence-electron chi connectivity index (χ3n) is 5.97. The number of isothiocyanates is 1. The molecule has 2 bridgehead atoms. The number of thiocarbonyl (C=S) groups is 1. The van der Waals surface area contributed by atoms with E-state index in [0.29, 0.717) is 36.6 Å². The van der Waals surface area contributed by atoms with Crippen LogP contribution in [0, 0.1) is 0 Å². The first kappa shape index (κ1) is 28.0. The average Bonchev–Trinajstić information content (AvgIpc) is 2.81. The first-order chi connectivity index (χ1) is 17.7. The highest BCUT2D eigenvalue weighted by molar-refractivity contribution is 7.78. The SMILES string of the molecule is O=C(O)CN1CCN(CC(=O)O)C[C@H](Cc2ccc(N=C=S)cc2)N(CC(=O)O)Cc2cccc(n2)C1. The Labute approximate surface area is 219 Å². The molecule has 0 spiro atoms. The predicted octanol–water partition coefficient (Wildman–Crippen LogP) is 1.60. The summed E-state index contributed by atoms with van der Waals surface area (Å²) in [4.78, 5) is 48.8. The van der Waals surface area contributed by atoms with Crippen LogP contribution in [0.3, 0.4) is 0 Å². The topological polar surface area (TPSA) is 147 Å². The fraction of sp³-hybridized carbons (Fsp3) is 0.400.